The predicted molar refractivity (Wildman–Crippen MR) is 72.0 cm³/mol. The number of ketones is 1. The molecule has 0 saturated carbocycles. The van der Waals surface area contributed by atoms with Crippen molar-refractivity contribution < 1.29 is 13.9 Å². The van der Waals surface area contributed by atoms with Gasteiger partial charge in [0.25, 0.3) is 0 Å². The van der Waals surface area contributed by atoms with Crippen LogP contribution in [0.1, 0.15) is 22.3 Å². The molecule has 0 atom stereocenters. The van der Waals surface area contributed by atoms with Crippen LogP contribution in [-0.4, -0.2) is 12.4 Å². The maximum atomic E-state index is 12.7. The molecule has 0 saturated heterocycles. The zero-order valence-electron chi connectivity index (χ0n) is 10.7. The van der Waals surface area contributed by atoms with Gasteiger partial charge in [-0.1, -0.05) is 12.1 Å². The van der Waals surface area contributed by atoms with Gasteiger partial charge in [0.2, 0.25) is 0 Å². The average Bonchev–Trinajstić information content (AvgIpc) is 2.48. The van der Waals surface area contributed by atoms with Crippen molar-refractivity contribution in [2.24, 2.45) is 0 Å². The Kier molecular flexibility index (Phi) is 4.46. The second-order valence-corrected chi connectivity index (χ2v) is 4.14. The van der Waals surface area contributed by atoms with E-state index < -0.39 is 0 Å². The molecule has 2 aromatic carbocycles. The molecule has 0 aliphatic heterocycles. The summed E-state index contributed by atoms with van der Waals surface area (Å²) >= 11 is 0. The molecule has 3 nitrogen and oxygen atoms in total. The van der Waals surface area contributed by atoms with Crippen LogP contribution in [0.4, 0.5) is 4.39 Å². The average molecular weight is 269 g/mol. The maximum absolute atomic E-state index is 12.7. The number of para-hydroxylation sites is 1. The summed E-state index contributed by atoms with van der Waals surface area (Å²) in [6, 6.07) is 14.2. The molecule has 2 aromatic rings. The van der Waals surface area contributed by atoms with E-state index in [9.17, 15) is 9.18 Å². The highest BCUT2D eigenvalue weighted by Crippen LogP contribution is 2.17. The van der Waals surface area contributed by atoms with Gasteiger partial charge >= 0.3 is 0 Å². The number of benzene rings is 2. The van der Waals surface area contributed by atoms with Gasteiger partial charge in [-0.05, 0) is 36.4 Å². The Morgan fingerprint density at radius 2 is 1.85 bits per heavy atom. The number of carbonyl (C=O) groups excluding carboxylic acids is 1. The van der Waals surface area contributed by atoms with Crippen molar-refractivity contribution in [1.82, 2.24) is 0 Å². The summed E-state index contributed by atoms with van der Waals surface area (Å²) in [5.74, 6) is -0.0397. The number of halogens is 1. The van der Waals surface area contributed by atoms with Crippen LogP contribution in [-0.2, 0) is 0 Å². The van der Waals surface area contributed by atoms with E-state index in [-0.39, 0.29) is 24.6 Å². The minimum Gasteiger partial charge on any atom is -0.492 e. The zero-order valence-corrected chi connectivity index (χ0v) is 10.7. The lowest BCUT2D eigenvalue weighted by Crippen LogP contribution is -2.07. The molecule has 0 bridgehead atoms. The van der Waals surface area contributed by atoms with Crippen LogP contribution in [0.25, 0.3) is 0 Å². The summed E-state index contributed by atoms with van der Waals surface area (Å²) in [5.41, 5.74) is 0.880. The van der Waals surface area contributed by atoms with Crippen molar-refractivity contribution in [3.05, 3.63) is 65.5 Å². The summed E-state index contributed by atoms with van der Waals surface area (Å²) < 4.78 is 18.2. The van der Waals surface area contributed by atoms with Gasteiger partial charge in [0.1, 0.15) is 17.6 Å². The highest BCUT2D eigenvalue weighted by atomic mass is 19.1. The SMILES string of the molecule is N#Cc1ccccc1OCCC(=O)c1ccc(F)cc1. The first kappa shape index (κ1) is 13.8. The molecule has 0 N–H and O–H groups in total. The minimum atomic E-state index is -0.374. The maximum Gasteiger partial charge on any atom is 0.166 e. The molecule has 0 radical (unpaired) electrons. The summed E-state index contributed by atoms with van der Waals surface area (Å²) in [7, 11) is 0. The second-order valence-electron chi connectivity index (χ2n) is 4.14. The first-order valence-electron chi connectivity index (χ1n) is 6.11. The summed E-state index contributed by atoms with van der Waals surface area (Å²) in [6.07, 6.45) is 0.172. The molecule has 0 aromatic heterocycles. The molecule has 2 rings (SSSR count). The van der Waals surface area contributed by atoms with Crippen molar-refractivity contribution in [2.75, 3.05) is 6.61 Å². The molecule has 0 fully saturated rings. The van der Waals surface area contributed by atoms with Crippen LogP contribution in [0.2, 0.25) is 0 Å². The van der Waals surface area contributed by atoms with Gasteiger partial charge in [0.05, 0.1) is 12.2 Å². The summed E-state index contributed by atoms with van der Waals surface area (Å²) in [4.78, 5) is 11.8. The van der Waals surface area contributed by atoms with Crippen LogP contribution in [0, 0.1) is 17.1 Å². The van der Waals surface area contributed by atoms with Gasteiger partial charge in [0.15, 0.2) is 5.78 Å². The van der Waals surface area contributed by atoms with Crippen LogP contribution < -0.4 is 4.74 Å². The fourth-order valence-corrected chi connectivity index (χ4v) is 1.72. The zero-order chi connectivity index (χ0) is 14.4. The monoisotopic (exact) mass is 269 g/mol. The molecular weight excluding hydrogens is 257 g/mol. The number of ether oxygens (including phenoxy) is 1. The molecule has 20 heavy (non-hydrogen) atoms. The smallest absolute Gasteiger partial charge is 0.166 e. The first-order valence-corrected chi connectivity index (χ1v) is 6.11. The summed E-state index contributed by atoms with van der Waals surface area (Å²) in [5, 5.41) is 8.90. The van der Waals surface area contributed by atoms with Crippen molar-refractivity contribution in [3.63, 3.8) is 0 Å². The molecule has 0 spiro atoms. The van der Waals surface area contributed by atoms with Crippen molar-refractivity contribution >= 4 is 5.78 Å². The van der Waals surface area contributed by atoms with E-state index in [1.165, 1.54) is 24.3 Å². The van der Waals surface area contributed by atoms with E-state index in [4.69, 9.17) is 10.00 Å². The molecule has 0 aliphatic carbocycles. The minimum absolute atomic E-state index is 0.126. The lowest BCUT2D eigenvalue weighted by Gasteiger charge is -2.07. The number of rotatable bonds is 5. The second kappa shape index (κ2) is 6.48. The normalized spacial score (nSPS) is 9.80. The van der Waals surface area contributed by atoms with Crippen molar-refractivity contribution in [3.8, 4) is 11.8 Å². The fraction of sp³-hybridized carbons (Fsp3) is 0.125. The number of hydrogen-bond donors (Lipinski definition) is 0. The Balaban J connectivity index is 1.91. The number of nitrogens with zero attached hydrogens (tertiary/aromatic N) is 1. The third kappa shape index (κ3) is 3.42. The molecule has 0 unspecified atom stereocenters. The lowest BCUT2D eigenvalue weighted by molar-refractivity contribution is 0.0962. The fourth-order valence-electron chi connectivity index (χ4n) is 1.72. The predicted octanol–water partition coefficient (Wildman–Crippen LogP) is 3.35. The van der Waals surface area contributed by atoms with Gasteiger partial charge in [-0.2, -0.15) is 5.26 Å². The number of Topliss-reactive ketones (excluding diaryl/α,β-unsaturated/α-hetero) is 1. The van der Waals surface area contributed by atoms with E-state index in [1.54, 1.807) is 24.3 Å². The van der Waals surface area contributed by atoms with E-state index in [0.717, 1.165) is 0 Å². The summed E-state index contributed by atoms with van der Waals surface area (Å²) in [6.45, 7) is 0.175. The third-order valence-corrected chi connectivity index (χ3v) is 2.76. The highest BCUT2D eigenvalue weighted by molar-refractivity contribution is 5.96. The molecule has 0 amide bonds. The van der Waals surface area contributed by atoms with Gasteiger partial charge < -0.3 is 4.74 Å². The molecule has 100 valence electrons. The van der Waals surface area contributed by atoms with Gasteiger partial charge in [0, 0.05) is 12.0 Å². The standard InChI is InChI=1S/C16H12FNO2/c17-14-7-5-12(6-8-14)15(19)9-10-20-16-4-2-1-3-13(16)11-18/h1-8H,9-10H2. The van der Waals surface area contributed by atoms with Crippen LogP contribution in [0.15, 0.2) is 48.5 Å². The van der Waals surface area contributed by atoms with E-state index in [1.807, 2.05) is 6.07 Å². The van der Waals surface area contributed by atoms with Crippen LogP contribution in [0.3, 0.4) is 0 Å². The molecule has 0 aliphatic rings. The van der Waals surface area contributed by atoms with Crippen LogP contribution in [0.5, 0.6) is 5.75 Å². The lowest BCUT2D eigenvalue weighted by atomic mass is 10.1. The van der Waals surface area contributed by atoms with E-state index >= 15 is 0 Å². The largest absolute Gasteiger partial charge is 0.492 e. The Morgan fingerprint density at radius 3 is 2.55 bits per heavy atom. The Bertz CT molecular complexity index is 644. The van der Waals surface area contributed by atoms with Crippen LogP contribution >= 0.6 is 0 Å². The topological polar surface area (TPSA) is 50.1 Å². The molecule has 4 heteroatoms. The van der Waals surface area contributed by atoms with Gasteiger partial charge in [-0.25, -0.2) is 4.39 Å². The van der Waals surface area contributed by atoms with E-state index in [2.05, 4.69) is 0 Å². The van der Waals surface area contributed by atoms with E-state index in [0.29, 0.717) is 16.9 Å². The first-order chi connectivity index (χ1) is 9.70. The van der Waals surface area contributed by atoms with Gasteiger partial charge in [-0.15, -0.1) is 0 Å². The third-order valence-electron chi connectivity index (χ3n) is 2.76. The Morgan fingerprint density at radius 1 is 1.15 bits per heavy atom. The molecular formula is C16H12FNO2. The number of hydrogen-bond acceptors (Lipinski definition) is 3. The number of nitriles is 1. The van der Waals surface area contributed by atoms with Crippen molar-refractivity contribution in [2.45, 2.75) is 6.42 Å². The quantitative estimate of drug-likeness (QED) is 0.782. The highest BCUT2D eigenvalue weighted by Gasteiger charge is 2.07. The van der Waals surface area contributed by atoms with Gasteiger partial charge in [-0.3, -0.25) is 4.79 Å². The molecule has 0 heterocycles. The Hall–Kier alpha value is -2.67. The van der Waals surface area contributed by atoms with Crippen molar-refractivity contribution in [1.29, 1.82) is 5.26 Å². The Labute approximate surface area is 116 Å². The number of carbonyl (C=O) groups is 1.